The fraction of sp³-hybridized carbons (Fsp3) is 0.435. The molecule has 2 aliphatic heterocycles. The summed E-state index contributed by atoms with van der Waals surface area (Å²) in [5.74, 6) is 1.71. The first-order chi connectivity index (χ1) is 15.1. The highest BCUT2D eigenvalue weighted by Crippen LogP contribution is 2.35. The van der Waals surface area contributed by atoms with E-state index in [0.717, 1.165) is 72.4 Å². The summed E-state index contributed by atoms with van der Waals surface area (Å²) in [6, 6.07) is 7.96. The van der Waals surface area contributed by atoms with E-state index in [2.05, 4.69) is 29.4 Å². The summed E-state index contributed by atoms with van der Waals surface area (Å²) in [6.45, 7) is 8.77. The van der Waals surface area contributed by atoms with Gasteiger partial charge in [0.2, 0.25) is 0 Å². The zero-order valence-corrected chi connectivity index (χ0v) is 18.9. The molecule has 0 atom stereocenters. The molecule has 2 N–H and O–H groups in total. The first-order valence-electron chi connectivity index (χ1n) is 11.0. The molecule has 2 fully saturated rings. The Kier molecular flexibility index (Phi) is 5.50. The SMILES string of the molecule is Cc1sc2nc(CN3CCCC3)nc(Nc3cccc(N4CCCNC4=O)c3)c2c1C. The van der Waals surface area contributed by atoms with Crippen molar-refractivity contribution in [3.63, 3.8) is 0 Å². The van der Waals surface area contributed by atoms with Gasteiger partial charge in [0.05, 0.1) is 11.9 Å². The summed E-state index contributed by atoms with van der Waals surface area (Å²) in [5.41, 5.74) is 3.04. The van der Waals surface area contributed by atoms with E-state index in [9.17, 15) is 4.79 Å². The smallest absolute Gasteiger partial charge is 0.321 e. The number of rotatable bonds is 5. The number of likely N-dealkylation sites (tertiary alicyclic amines) is 1. The zero-order chi connectivity index (χ0) is 21.4. The number of hydrogen-bond acceptors (Lipinski definition) is 6. The molecule has 2 aliphatic rings. The third-order valence-electron chi connectivity index (χ3n) is 6.14. The second-order valence-corrected chi connectivity index (χ2v) is 9.55. The minimum Gasteiger partial charge on any atom is -0.340 e. The molecule has 8 heteroatoms. The Hall–Kier alpha value is -2.71. The van der Waals surface area contributed by atoms with Gasteiger partial charge in [-0.25, -0.2) is 14.8 Å². The zero-order valence-electron chi connectivity index (χ0n) is 18.1. The largest absolute Gasteiger partial charge is 0.340 e. The minimum atomic E-state index is -0.0370. The van der Waals surface area contributed by atoms with Crippen molar-refractivity contribution in [2.45, 2.75) is 39.7 Å². The van der Waals surface area contributed by atoms with Crippen molar-refractivity contribution in [2.24, 2.45) is 0 Å². The molecule has 3 aromatic rings. The van der Waals surface area contributed by atoms with Crippen LogP contribution in [0.1, 0.15) is 35.5 Å². The highest BCUT2D eigenvalue weighted by molar-refractivity contribution is 7.18. The van der Waals surface area contributed by atoms with Crippen molar-refractivity contribution in [3.05, 3.63) is 40.5 Å². The number of carbonyl (C=O) groups excluding carboxylic acids is 1. The van der Waals surface area contributed by atoms with E-state index in [-0.39, 0.29) is 6.03 Å². The van der Waals surface area contributed by atoms with Gasteiger partial charge in [-0.05, 0) is 70.0 Å². The van der Waals surface area contributed by atoms with Crippen LogP contribution >= 0.6 is 11.3 Å². The van der Waals surface area contributed by atoms with Gasteiger partial charge in [0, 0.05) is 29.3 Å². The van der Waals surface area contributed by atoms with Gasteiger partial charge in [-0.1, -0.05) is 6.07 Å². The van der Waals surface area contributed by atoms with Crippen LogP contribution in [-0.2, 0) is 6.54 Å². The van der Waals surface area contributed by atoms with Crippen molar-refractivity contribution in [2.75, 3.05) is 36.4 Å². The van der Waals surface area contributed by atoms with E-state index < -0.39 is 0 Å². The Balaban J connectivity index is 1.49. The van der Waals surface area contributed by atoms with E-state index in [1.165, 1.54) is 23.3 Å². The fourth-order valence-electron chi connectivity index (χ4n) is 4.36. The molecule has 2 saturated heterocycles. The maximum absolute atomic E-state index is 12.3. The number of nitrogens with zero attached hydrogens (tertiary/aromatic N) is 4. The Morgan fingerprint density at radius 2 is 1.97 bits per heavy atom. The Bertz CT molecular complexity index is 1120. The van der Waals surface area contributed by atoms with Crippen LogP contribution in [0.3, 0.4) is 0 Å². The standard InChI is InChI=1S/C23H28N6OS/c1-15-16(2)31-22-20(15)21(26-19(27-22)14-28-10-3-4-11-28)25-17-7-5-8-18(13-17)29-12-6-9-24-23(29)30/h5,7-8,13H,3-4,6,9-12,14H2,1-2H3,(H,24,30)(H,25,26,27). The topological polar surface area (TPSA) is 73.4 Å². The number of nitrogens with one attached hydrogen (secondary N) is 2. The predicted octanol–water partition coefficient (Wildman–Crippen LogP) is 4.57. The number of hydrogen-bond donors (Lipinski definition) is 2. The van der Waals surface area contributed by atoms with Gasteiger partial charge in [-0.3, -0.25) is 9.80 Å². The van der Waals surface area contributed by atoms with Crippen LogP contribution in [0.4, 0.5) is 22.0 Å². The Morgan fingerprint density at radius 1 is 1.13 bits per heavy atom. The number of amides is 2. The van der Waals surface area contributed by atoms with Gasteiger partial charge >= 0.3 is 6.03 Å². The lowest BCUT2D eigenvalue weighted by Gasteiger charge is -2.27. The van der Waals surface area contributed by atoms with Gasteiger partial charge in [-0.2, -0.15) is 0 Å². The maximum atomic E-state index is 12.3. The van der Waals surface area contributed by atoms with Crippen LogP contribution in [0, 0.1) is 13.8 Å². The van der Waals surface area contributed by atoms with Gasteiger partial charge in [0.15, 0.2) is 0 Å². The molecular formula is C23H28N6OS. The average Bonchev–Trinajstić information content (AvgIpc) is 3.36. The molecule has 0 spiro atoms. The van der Waals surface area contributed by atoms with Crippen LogP contribution in [0.5, 0.6) is 0 Å². The summed E-state index contributed by atoms with van der Waals surface area (Å²) in [5, 5.41) is 7.55. The predicted molar refractivity (Wildman–Crippen MR) is 126 cm³/mol. The minimum absolute atomic E-state index is 0.0370. The van der Waals surface area contributed by atoms with Crippen LogP contribution in [0.2, 0.25) is 0 Å². The molecule has 0 radical (unpaired) electrons. The monoisotopic (exact) mass is 436 g/mol. The maximum Gasteiger partial charge on any atom is 0.321 e. The molecule has 4 heterocycles. The van der Waals surface area contributed by atoms with Gasteiger partial charge in [0.25, 0.3) is 0 Å². The van der Waals surface area contributed by atoms with E-state index >= 15 is 0 Å². The van der Waals surface area contributed by atoms with Crippen molar-refractivity contribution in [3.8, 4) is 0 Å². The number of aryl methyl sites for hydroxylation is 2. The molecular weight excluding hydrogens is 408 g/mol. The summed E-state index contributed by atoms with van der Waals surface area (Å²) < 4.78 is 0. The highest BCUT2D eigenvalue weighted by Gasteiger charge is 2.21. The molecule has 2 aromatic heterocycles. The molecule has 1 aromatic carbocycles. The molecule has 0 aliphatic carbocycles. The number of urea groups is 1. The second kappa shape index (κ2) is 8.43. The second-order valence-electron chi connectivity index (χ2n) is 8.35. The van der Waals surface area contributed by atoms with Crippen LogP contribution in [-0.4, -0.2) is 47.1 Å². The summed E-state index contributed by atoms with van der Waals surface area (Å²) in [7, 11) is 0. The lowest BCUT2D eigenvalue weighted by atomic mass is 10.2. The Morgan fingerprint density at radius 3 is 2.77 bits per heavy atom. The summed E-state index contributed by atoms with van der Waals surface area (Å²) in [4.78, 5) is 28.6. The van der Waals surface area contributed by atoms with Crippen molar-refractivity contribution < 1.29 is 4.79 Å². The first-order valence-corrected chi connectivity index (χ1v) is 11.8. The third-order valence-corrected chi connectivity index (χ3v) is 7.24. The van der Waals surface area contributed by atoms with Crippen LogP contribution in [0.15, 0.2) is 24.3 Å². The summed E-state index contributed by atoms with van der Waals surface area (Å²) >= 11 is 1.73. The number of fused-ring (bicyclic) bond motifs is 1. The number of anilines is 3. The van der Waals surface area contributed by atoms with Crippen molar-refractivity contribution >= 4 is 44.8 Å². The molecule has 7 nitrogen and oxygen atoms in total. The highest BCUT2D eigenvalue weighted by atomic mass is 32.1. The number of carbonyl (C=O) groups is 1. The van der Waals surface area contributed by atoms with E-state index in [4.69, 9.17) is 9.97 Å². The molecule has 162 valence electrons. The van der Waals surface area contributed by atoms with Gasteiger partial charge in [-0.15, -0.1) is 11.3 Å². The number of aromatic nitrogens is 2. The van der Waals surface area contributed by atoms with E-state index in [1.54, 1.807) is 16.2 Å². The van der Waals surface area contributed by atoms with Gasteiger partial charge < -0.3 is 10.6 Å². The third kappa shape index (κ3) is 4.09. The van der Waals surface area contributed by atoms with Crippen molar-refractivity contribution in [1.29, 1.82) is 0 Å². The van der Waals surface area contributed by atoms with Gasteiger partial charge in [0.1, 0.15) is 16.5 Å². The molecule has 0 bridgehead atoms. The normalized spacial score (nSPS) is 17.4. The molecule has 2 amide bonds. The molecule has 31 heavy (non-hydrogen) atoms. The number of thiophene rings is 1. The van der Waals surface area contributed by atoms with Crippen LogP contribution in [0.25, 0.3) is 10.2 Å². The average molecular weight is 437 g/mol. The van der Waals surface area contributed by atoms with Crippen molar-refractivity contribution in [1.82, 2.24) is 20.2 Å². The molecule has 0 saturated carbocycles. The first kappa shape index (κ1) is 20.2. The number of benzene rings is 1. The van der Waals surface area contributed by atoms with Crippen LogP contribution < -0.4 is 15.5 Å². The van der Waals surface area contributed by atoms with E-state index in [0.29, 0.717) is 0 Å². The molecule has 0 unspecified atom stereocenters. The summed E-state index contributed by atoms with van der Waals surface area (Å²) in [6.07, 6.45) is 3.45. The lowest BCUT2D eigenvalue weighted by molar-refractivity contribution is 0.243. The fourth-order valence-corrected chi connectivity index (χ4v) is 5.41. The quantitative estimate of drug-likeness (QED) is 0.613. The molecule has 5 rings (SSSR count). The Labute approximate surface area is 186 Å². The lowest BCUT2D eigenvalue weighted by Crippen LogP contribution is -2.46. The van der Waals surface area contributed by atoms with E-state index in [1.807, 2.05) is 24.3 Å².